The standard InChI is InChI=1S/C16H26N2O2S/c1-4-17-12-14-11-15(8-7-13(14)2)21(19,20)18-16(3)9-5-6-10-16/h7-8,11,17-18H,4-6,9-10,12H2,1-3H3. The lowest BCUT2D eigenvalue weighted by molar-refractivity contribution is 0.427. The second kappa shape index (κ2) is 6.46. The Balaban J connectivity index is 2.23. The molecule has 0 radical (unpaired) electrons. The highest BCUT2D eigenvalue weighted by molar-refractivity contribution is 7.89. The van der Waals surface area contributed by atoms with Gasteiger partial charge in [-0.25, -0.2) is 13.1 Å². The molecule has 0 saturated heterocycles. The van der Waals surface area contributed by atoms with Crippen LogP contribution >= 0.6 is 0 Å². The zero-order valence-electron chi connectivity index (χ0n) is 13.2. The van der Waals surface area contributed by atoms with Crippen LogP contribution < -0.4 is 10.0 Å². The van der Waals surface area contributed by atoms with Crippen LogP contribution in [0.2, 0.25) is 0 Å². The van der Waals surface area contributed by atoms with Gasteiger partial charge in [0.2, 0.25) is 10.0 Å². The largest absolute Gasteiger partial charge is 0.313 e. The number of hydrogen-bond donors (Lipinski definition) is 2. The number of aryl methyl sites for hydroxylation is 1. The first-order valence-corrected chi connectivity index (χ1v) is 9.19. The third-order valence-corrected chi connectivity index (χ3v) is 5.92. The first kappa shape index (κ1) is 16.5. The van der Waals surface area contributed by atoms with Crippen molar-refractivity contribution >= 4 is 10.0 Å². The molecule has 0 atom stereocenters. The van der Waals surface area contributed by atoms with Crippen LogP contribution in [0.5, 0.6) is 0 Å². The maximum absolute atomic E-state index is 12.6. The minimum Gasteiger partial charge on any atom is -0.313 e. The number of sulfonamides is 1. The van der Waals surface area contributed by atoms with Crippen LogP contribution in [0.25, 0.3) is 0 Å². The number of rotatable bonds is 6. The Hall–Kier alpha value is -0.910. The van der Waals surface area contributed by atoms with E-state index in [-0.39, 0.29) is 5.54 Å². The SMILES string of the molecule is CCNCc1cc(S(=O)(=O)NC2(C)CCCC2)ccc1C. The summed E-state index contributed by atoms with van der Waals surface area (Å²) in [5.41, 5.74) is 1.87. The molecule has 2 N–H and O–H groups in total. The fourth-order valence-corrected chi connectivity index (χ4v) is 4.42. The summed E-state index contributed by atoms with van der Waals surface area (Å²) in [5, 5.41) is 3.25. The molecule has 1 aliphatic carbocycles. The van der Waals surface area contributed by atoms with Crippen molar-refractivity contribution in [1.29, 1.82) is 0 Å². The van der Waals surface area contributed by atoms with Gasteiger partial charge in [0.05, 0.1) is 4.90 Å². The molecular formula is C16H26N2O2S. The molecule has 0 unspecified atom stereocenters. The van der Waals surface area contributed by atoms with E-state index in [1.807, 2.05) is 26.8 Å². The zero-order chi connectivity index (χ0) is 15.5. The van der Waals surface area contributed by atoms with E-state index in [0.29, 0.717) is 11.4 Å². The summed E-state index contributed by atoms with van der Waals surface area (Å²) in [6, 6.07) is 5.38. The van der Waals surface area contributed by atoms with Crippen LogP contribution in [0, 0.1) is 6.92 Å². The quantitative estimate of drug-likeness (QED) is 0.849. The summed E-state index contributed by atoms with van der Waals surface area (Å²) in [7, 11) is -3.44. The van der Waals surface area contributed by atoms with Gasteiger partial charge in [-0.2, -0.15) is 0 Å². The van der Waals surface area contributed by atoms with E-state index in [1.165, 1.54) is 0 Å². The molecule has 1 fully saturated rings. The normalized spacial score (nSPS) is 18.0. The van der Waals surface area contributed by atoms with Gasteiger partial charge in [0, 0.05) is 12.1 Å². The average Bonchev–Trinajstić information content (AvgIpc) is 2.83. The van der Waals surface area contributed by atoms with Gasteiger partial charge in [-0.15, -0.1) is 0 Å². The predicted octanol–water partition coefficient (Wildman–Crippen LogP) is 2.72. The molecule has 1 saturated carbocycles. The molecular weight excluding hydrogens is 284 g/mol. The lowest BCUT2D eigenvalue weighted by atomic mass is 10.0. The Morgan fingerprint density at radius 3 is 2.52 bits per heavy atom. The van der Waals surface area contributed by atoms with Crippen LogP contribution in [0.4, 0.5) is 0 Å². The van der Waals surface area contributed by atoms with E-state index in [0.717, 1.165) is 43.4 Å². The lowest BCUT2D eigenvalue weighted by Crippen LogP contribution is -2.43. The molecule has 1 aromatic carbocycles. The van der Waals surface area contributed by atoms with Gasteiger partial charge in [-0.05, 0) is 56.5 Å². The molecule has 0 aliphatic heterocycles. The Morgan fingerprint density at radius 2 is 1.90 bits per heavy atom. The van der Waals surface area contributed by atoms with Crippen molar-refractivity contribution in [2.45, 2.75) is 63.4 Å². The number of benzene rings is 1. The topological polar surface area (TPSA) is 58.2 Å². The Bertz CT molecular complexity index is 590. The highest BCUT2D eigenvalue weighted by Crippen LogP contribution is 2.30. The molecule has 1 aliphatic rings. The molecule has 21 heavy (non-hydrogen) atoms. The Kier molecular flexibility index (Phi) is 5.07. The summed E-state index contributed by atoms with van der Waals surface area (Å²) in [6.45, 7) is 7.62. The van der Waals surface area contributed by atoms with E-state index in [1.54, 1.807) is 12.1 Å². The minimum atomic E-state index is -3.44. The molecule has 0 spiro atoms. The van der Waals surface area contributed by atoms with Gasteiger partial charge in [0.25, 0.3) is 0 Å². The van der Waals surface area contributed by atoms with Crippen molar-refractivity contribution in [2.24, 2.45) is 0 Å². The van der Waals surface area contributed by atoms with Crippen molar-refractivity contribution in [1.82, 2.24) is 10.0 Å². The molecule has 5 heteroatoms. The predicted molar refractivity (Wildman–Crippen MR) is 85.8 cm³/mol. The van der Waals surface area contributed by atoms with E-state index in [4.69, 9.17) is 0 Å². The molecule has 4 nitrogen and oxygen atoms in total. The molecule has 0 aromatic heterocycles. The highest BCUT2D eigenvalue weighted by Gasteiger charge is 2.33. The maximum Gasteiger partial charge on any atom is 0.241 e. The first-order chi connectivity index (χ1) is 9.86. The first-order valence-electron chi connectivity index (χ1n) is 7.70. The summed E-state index contributed by atoms with van der Waals surface area (Å²) in [4.78, 5) is 0.370. The highest BCUT2D eigenvalue weighted by atomic mass is 32.2. The van der Waals surface area contributed by atoms with E-state index >= 15 is 0 Å². The van der Waals surface area contributed by atoms with Crippen molar-refractivity contribution in [2.75, 3.05) is 6.54 Å². The monoisotopic (exact) mass is 310 g/mol. The minimum absolute atomic E-state index is 0.286. The van der Waals surface area contributed by atoms with Crippen molar-refractivity contribution in [3.8, 4) is 0 Å². The average molecular weight is 310 g/mol. The van der Waals surface area contributed by atoms with E-state index in [9.17, 15) is 8.42 Å². The lowest BCUT2D eigenvalue weighted by Gasteiger charge is -2.25. The smallest absolute Gasteiger partial charge is 0.241 e. The van der Waals surface area contributed by atoms with Gasteiger partial charge >= 0.3 is 0 Å². The molecule has 118 valence electrons. The van der Waals surface area contributed by atoms with Crippen LogP contribution in [0.3, 0.4) is 0 Å². The van der Waals surface area contributed by atoms with Crippen molar-refractivity contribution in [3.05, 3.63) is 29.3 Å². The van der Waals surface area contributed by atoms with Crippen molar-refractivity contribution in [3.63, 3.8) is 0 Å². The molecule has 1 aromatic rings. The van der Waals surface area contributed by atoms with Crippen molar-refractivity contribution < 1.29 is 8.42 Å². The second-order valence-corrected chi connectivity index (χ2v) is 7.92. The molecule has 0 heterocycles. The van der Waals surface area contributed by atoms with Gasteiger partial charge < -0.3 is 5.32 Å². The van der Waals surface area contributed by atoms with E-state index in [2.05, 4.69) is 10.0 Å². The number of hydrogen-bond acceptors (Lipinski definition) is 3. The third kappa shape index (κ3) is 4.05. The molecule has 0 amide bonds. The van der Waals surface area contributed by atoms with E-state index < -0.39 is 10.0 Å². The zero-order valence-corrected chi connectivity index (χ0v) is 14.0. The Labute approximate surface area is 128 Å². The summed E-state index contributed by atoms with van der Waals surface area (Å²) < 4.78 is 28.1. The number of nitrogens with one attached hydrogen (secondary N) is 2. The fraction of sp³-hybridized carbons (Fsp3) is 0.625. The third-order valence-electron chi connectivity index (χ3n) is 4.28. The van der Waals surface area contributed by atoms with Crippen LogP contribution in [-0.2, 0) is 16.6 Å². The van der Waals surface area contributed by atoms with Gasteiger partial charge in [0.1, 0.15) is 0 Å². The fourth-order valence-electron chi connectivity index (χ4n) is 2.91. The maximum atomic E-state index is 12.6. The molecule has 0 bridgehead atoms. The van der Waals surface area contributed by atoms with Crippen LogP contribution in [-0.4, -0.2) is 20.5 Å². The van der Waals surface area contributed by atoms with Crippen LogP contribution in [0.1, 0.15) is 50.7 Å². The van der Waals surface area contributed by atoms with Gasteiger partial charge in [0.15, 0.2) is 0 Å². The summed E-state index contributed by atoms with van der Waals surface area (Å²) in [6.07, 6.45) is 4.03. The van der Waals surface area contributed by atoms with Gasteiger partial charge in [-0.1, -0.05) is 25.8 Å². The molecule has 2 rings (SSSR count). The summed E-state index contributed by atoms with van der Waals surface area (Å²) in [5.74, 6) is 0. The second-order valence-electron chi connectivity index (χ2n) is 6.24. The summed E-state index contributed by atoms with van der Waals surface area (Å²) >= 11 is 0. The Morgan fingerprint density at radius 1 is 1.24 bits per heavy atom. The van der Waals surface area contributed by atoms with Gasteiger partial charge in [-0.3, -0.25) is 0 Å². The van der Waals surface area contributed by atoms with Crippen LogP contribution in [0.15, 0.2) is 23.1 Å².